The van der Waals surface area contributed by atoms with E-state index in [1.807, 2.05) is 0 Å². The topological polar surface area (TPSA) is 67.9 Å². The number of hydrogen-bond donors (Lipinski definition) is 1. The summed E-state index contributed by atoms with van der Waals surface area (Å²) >= 11 is 0. The second kappa shape index (κ2) is 7.61. The molecule has 1 aliphatic heterocycles. The number of hydrogen-bond acceptors (Lipinski definition) is 4. The standard InChI is InChI=1S/C19H25FN2O4/c1-11(23)21-17-6-13-9-22(10-14(13)7-18(17)26-3)19(24)12-4-15(20)8-16(5-12)25-2/h4-5,8,13-14,17-18H,6-7,9-10H2,1-3H3,(H,21,23)/t13-,14+,17-,18-/m1/s1. The van der Waals surface area contributed by atoms with Crippen molar-refractivity contribution in [3.63, 3.8) is 0 Å². The molecule has 1 N–H and O–H groups in total. The van der Waals surface area contributed by atoms with Crippen molar-refractivity contribution in [3.05, 3.63) is 29.6 Å². The van der Waals surface area contributed by atoms with E-state index in [-0.39, 0.29) is 24.0 Å². The Balaban J connectivity index is 1.72. The van der Waals surface area contributed by atoms with E-state index < -0.39 is 5.82 Å². The van der Waals surface area contributed by atoms with Crippen LogP contribution in [0.15, 0.2) is 18.2 Å². The minimum atomic E-state index is -0.491. The summed E-state index contributed by atoms with van der Waals surface area (Å²) in [4.78, 5) is 26.0. The number of ether oxygens (including phenoxy) is 2. The minimum Gasteiger partial charge on any atom is -0.497 e. The summed E-state index contributed by atoms with van der Waals surface area (Å²) in [5.41, 5.74) is 0.294. The van der Waals surface area contributed by atoms with Crippen LogP contribution < -0.4 is 10.1 Å². The zero-order valence-corrected chi connectivity index (χ0v) is 15.3. The van der Waals surface area contributed by atoms with Crippen molar-refractivity contribution in [2.24, 2.45) is 11.8 Å². The van der Waals surface area contributed by atoms with E-state index in [1.54, 1.807) is 18.1 Å². The number of halogens is 1. The summed E-state index contributed by atoms with van der Waals surface area (Å²) in [6, 6.07) is 4.01. The third-order valence-corrected chi connectivity index (χ3v) is 5.45. The SMILES string of the molecule is COc1cc(F)cc(C(=O)N2C[C@H]3C[C@@H](NC(C)=O)[C@H](OC)C[C@H]3C2)c1. The fourth-order valence-electron chi connectivity index (χ4n) is 4.24. The lowest BCUT2D eigenvalue weighted by molar-refractivity contribution is -0.121. The molecule has 142 valence electrons. The number of benzene rings is 1. The average molecular weight is 364 g/mol. The summed E-state index contributed by atoms with van der Waals surface area (Å²) in [7, 11) is 3.09. The summed E-state index contributed by atoms with van der Waals surface area (Å²) < 4.78 is 24.3. The first-order valence-corrected chi connectivity index (χ1v) is 8.85. The van der Waals surface area contributed by atoms with Gasteiger partial charge in [-0.15, -0.1) is 0 Å². The lowest BCUT2D eigenvalue weighted by atomic mass is 9.77. The smallest absolute Gasteiger partial charge is 0.254 e. The Morgan fingerprint density at radius 2 is 1.85 bits per heavy atom. The molecule has 1 saturated heterocycles. The van der Waals surface area contributed by atoms with Gasteiger partial charge in [0.1, 0.15) is 11.6 Å². The van der Waals surface area contributed by atoms with E-state index in [9.17, 15) is 14.0 Å². The van der Waals surface area contributed by atoms with Crippen LogP contribution in [0.3, 0.4) is 0 Å². The van der Waals surface area contributed by atoms with E-state index in [0.717, 1.165) is 12.8 Å². The molecule has 1 aromatic carbocycles. The lowest BCUT2D eigenvalue weighted by Crippen LogP contribution is -2.49. The molecule has 0 bridgehead atoms. The monoisotopic (exact) mass is 364 g/mol. The average Bonchev–Trinajstić information content (AvgIpc) is 3.01. The highest BCUT2D eigenvalue weighted by Gasteiger charge is 2.44. The predicted octanol–water partition coefficient (Wildman–Crippen LogP) is 1.84. The Bertz CT molecular complexity index is 696. The van der Waals surface area contributed by atoms with Crippen LogP contribution in [-0.2, 0) is 9.53 Å². The zero-order valence-electron chi connectivity index (χ0n) is 15.3. The van der Waals surface area contributed by atoms with Gasteiger partial charge in [0.2, 0.25) is 5.91 Å². The third kappa shape index (κ3) is 3.82. The van der Waals surface area contributed by atoms with Gasteiger partial charge in [0.15, 0.2) is 0 Å². The summed E-state index contributed by atoms with van der Waals surface area (Å²) in [6.07, 6.45) is 1.52. The molecule has 1 saturated carbocycles. The molecule has 1 aromatic rings. The molecule has 2 aliphatic rings. The second-order valence-electron chi connectivity index (χ2n) is 7.16. The predicted molar refractivity (Wildman–Crippen MR) is 93.5 cm³/mol. The number of carbonyl (C=O) groups is 2. The molecule has 0 spiro atoms. The van der Waals surface area contributed by atoms with Crippen LogP contribution in [0.2, 0.25) is 0 Å². The van der Waals surface area contributed by atoms with Crippen LogP contribution >= 0.6 is 0 Å². The van der Waals surface area contributed by atoms with E-state index in [1.165, 1.54) is 26.2 Å². The van der Waals surface area contributed by atoms with E-state index in [2.05, 4.69) is 5.32 Å². The van der Waals surface area contributed by atoms with Gasteiger partial charge in [-0.25, -0.2) is 4.39 Å². The summed E-state index contributed by atoms with van der Waals surface area (Å²) in [5.74, 6) is 0.196. The number of rotatable bonds is 4. The molecule has 26 heavy (non-hydrogen) atoms. The number of carbonyl (C=O) groups excluding carboxylic acids is 2. The first-order chi connectivity index (χ1) is 12.4. The van der Waals surface area contributed by atoms with Crippen molar-refractivity contribution < 1.29 is 23.5 Å². The van der Waals surface area contributed by atoms with Gasteiger partial charge in [0.05, 0.1) is 19.3 Å². The van der Waals surface area contributed by atoms with Crippen molar-refractivity contribution in [1.82, 2.24) is 10.2 Å². The van der Waals surface area contributed by atoms with Gasteiger partial charge >= 0.3 is 0 Å². The Morgan fingerprint density at radius 1 is 1.15 bits per heavy atom. The van der Waals surface area contributed by atoms with Crippen LogP contribution in [0.4, 0.5) is 4.39 Å². The fraction of sp³-hybridized carbons (Fsp3) is 0.579. The highest BCUT2D eigenvalue weighted by atomic mass is 19.1. The van der Waals surface area contributed by atoms with Crippen molar-refractivity contribution in [2.75, 3.05) is 27.3 Å². The van der Waals surface area contributed by atoms with Gasteiger partial charge in [0, 0.05) is 38.8 Å². The summed E-state index contributed by atoms with van der Waals surface area (Å²) in [6.45, 7) is 2.73. The number of amides is 2. The fourth-order valence-corrected chi connectivity index (χ4v) is 4.24. The largest absolute Gasteiger partial charge is 0.497 e. The first kappa shape index (κ1) is 18.6. The quantitative estimate of drug-likeness (QED) is 0.885. The van der Waals surface area contributed by atoms with Crippen molar-refractivity contribution in [3.8, 4) is 5.75 Å². The minimum absolute atomic E-state index is 0.0388. The number of methoxy groups -OCH3 is 2. The van der Waals surface area contributed by atoms with Crippen LogP contribution in [0.1, 0.15) is 30.1 Å². The Labute approximate surface area is 152 Å². The van der Waals surface area contributed by atoms with Gasteiger partial charge in [-0.1, -0.05) is 0 Å². The van der Waals surface area contributed by atoms with Crippen LogP contribution in [0.5, 0.6) is 5.75 Å². The van der Waals surface area contributed by atoms with E-state index in [4.69, 9.17) is 9.47 Å². The van der Waals surface area contributed by atoms with Crippen LogP contribution in [0, 0.1) is 17.7 Å². The molecule has 2 fully saturated rings. The molecular formula is C19H25FN2O4. The third-order valence-electron chi connectivity index (χ3n) is 5.45. The maximum absolute atomic E-state index is 13.7. The zero-order chi connectivity index (χ0) is 18.8. The molecule has 6 nitrogen and oxygen atoms in total. The lowest BCUT2D eigenvalue weighted by Gasteiger charge is -2.37. The number of likely N-dealkylation sites (tertiary alicyclic amines) is 1. The van der Waals surface area contributed by atoms with Gasteiger partial charge < -0.3 is 19.7 Å². The normalized spacial score (nSPS) is 27.8. The maximum Gasteiger partial charge on any atom is 0.254 e. The van der Waals surface area contributed by atoms with E-state index >= 15 is 0 Å². The first-order valence-electron chi connectivity index (χ1n) is 8.85. The molecule has 0 unspecified atom stereocenters. The molecule has 2 amide bonds. The van der Waals surface area contributed by atoms with Crippen molar-refractivity contribution >= 4 is 11.8 Å². The highest BCUT2D eigenvalue weighted by molar-refractivity contribution is 5.94. The number of nitrogens with zero attached hydrogens (tertiary/aromatic N) is 1. The molecular weight excluding hydrogens is 339 g/mol. The van der Waals surface area contributed by atoms with Gasteiger partial charge in [-0.3, -0.25) is 9.59 Å². The van der Waals surface area contributed by atoms with Gasteiger partial charge in [0.25, 0.3) is 5.91 Å². The van der Waals surface area contributed by atoms with Crippen LogP contribution in [0.25, 0.3) is 0 Å². The second-order valence-corrected chi connectivity index (χ2v) is 7.16. The molecule has 1 heterocycles. The molecule has 3 rings (SSSR count). The molecule has 0 radical (unpaired) electrons. The Hall–Kier alpha value is -2.15. The maximum atomic E-state index is 13.7. The molecule has 0 aromatic heterocycles. The molecule has 4 atom stereocenters. The number of fused-ring (bicyclic) bond motifs is 1. The highest BCUT2D eigenvalue weighted by Crippen LogP contribution is 2.38. The van der Waals surface area contributed by atoms with Crippen LogP contribution in [-0.4, -0.2) is 56.2 Å². The number of nitrogens with one attached hydrogen (secondary N) is 1. The van der Waals surface area contributed by atoms with E-state index in [0.29, 0.717) is 36.2 Å². The van der Waals surface area contributed by atoms with Gasteiger partial charge in [-0.2, -0.15) is 0 Å². The molecule has 1 aliphatic carbocycles. The Morgan fingerprint density at radius 3 is 2.46 bits per heavy atom. The molecule has 7 heteroatoms. The van der Waals surface area contributed by atoms with Crippen molar-refractivity contribution in [1.29, 1.82) is 0 Å². The summed E-state index contributed by atoms with van der Waals surface area (Å²) in [5, 5.41) is 2.96. The van der Waals surface area contributed by atoms with Gasteiger partial charge in [-0.05, 0) is 36.8 Å². The Kier molecular flexibility index (Phi) is 5.46. The van der Waals surface area contributed by atoms with Crippen molar-refractivity contribution in [2.45, 2.75) is 31.9 Å².